The maximum atomic E-state index is 13.6. The number of fused-ring (bicyclic) bond motifs is 1. The van der Waals surface area contributed by atoms with E-state index in [9.17, 15) is 4.39 Å². The Bertz CT molecular complexity index is 779. The van der Waals surface area contributed by atoms with Gasteiger partial charge in [-0.15, -0.1) is 0 Å². The number of ether oxygens (including phenoxy) is 1. The van der Waals surface area contributed by atoms with E-state index in [0.717, 1.165) is 5.56 Å². The first-order chi connectivity index (χ1) is 9.60. The number of aryl methyl sites for hydroxylation is 1. The Hall–Kier alpha value is -2.70. The molecule has 0 amide bonds. The number of aromatic nitrogens is 4. The van der Waals surface area contributed by atoms with Crippen molar-refractivity contribution in [1.29, 1.82) is 0 Å². The van der Waals surface area contributed by atoms with E-state index in [1.54, 1.807) is 17.6 Å². The van der Waals surface area contributed by atoms with Gasteiger partial charge in [0.15, 0.2) is 11.2 Å². The Morgan fingerprint density at radius 1 is 1.25 bits per heavy atom. The molecule has 1 aromatic carbocycles. The lowest BCUT2D eigenvalue weighted by molar-refractivity contribution is 0.401. The first-order valence-corrected chi connectivity index (χ1v) is 5.90. The van der Waals surface area contributed by atoms with Crippen LogP contribution in [0.1, 0.15) is 5.56 Å². The highest BCUT2D eigenvalue weighted by Crippen LogP contribution is 2.26. The van der Waals surface area contributed by atoms with E-state index in [1.165, 1.54) is 25.6 Å². The third kappa shape index (κ3) is 1.83. The third-order valence-electron chi connectivity index (χ3n) is 2.92. The Balaban J connectivity index is 2.33. The molecular formula is C13H12FN5O. The lowest BCUT2D eigenvalue weighted by Gasteiger charge is -2.07. The van der Waals surface area contributed by atoms with Gasteiger partial charge in [0.25, 0.3) is 0 Å². The van der Waals surface area contributed by atoms with Crippen LogP contribution in [0.15, 0.2) is 24.5 Å². The Morgan fingerprint density at radius 2 is 2.05 bits per heavy atom. The number of nitrogens with zero attached hydrogens (tertiary/aromatic N) is 4. The molecule has 0 spiro atoms. The van der Waals surface area contributed by atoms with Gasteiger partial charge in [0.05, 0.1) is 12.8 Å². The van der Waals surface area contributed by atoms with Crippen LogP contribution in [0.25, 0.3) is 16.9 Å². The summed E-state index contributed by atoms with van der Waals surface area (Å²) in [6, 6.07) is 4.61. The summed E-state index contributed by atoms with van der Waals surface area (Å²) in [6.07, 6.45) is 1.35. The smallest absolute Gasteiger partial charge is 0.245 e. The highest BCUT2D eigenvalue weighted by atomic mass is 19.1. The lowest BCUT2D eigenvalue weighted by Crippen LogP contribution is -2.02. The maximum Gasteiger partial charge on any atom is 0.245 e. The molecule has 0 radical (unpaired) electrons. The average Bonchev–Trinajstić information content (AvgIpc) is 2.73. The molecule has 3 aromatic rings. The molecule has 2 N–H and O–H groups in total. The van der Waals surface area contributed by atoms with Gasteiger partial charge in [-0.1, -0.05) is 0 Å². The van der Waals surface area contributed by atoms with Crippen molar-refractivity contribution in [2.75, 3.05) is 12.8 Å². The number of rotatable bonds is 2. The predicted octanol–water partition coefficient (Wildman–Crippen LogP) is 1.85. The summed E-state index contributed by atoms with van der Waals surface area (Å²) in [5.74, 6) is 0.180. The summed E-state index contributed by atoms with van der Waals surface area (Å²) in [7, 11) is 1.49. The molecule has 102 valence electrons. The van der Waals surface area contributed by atoms with Gasteiger partial charge >= 0.3 is 0 Å². The minimum absolute atomic E-state index is 0.198. The second-order valence-electron chi connectivity index (χ2n) is 4.35. The van der Waals surface area contributed by atoms with Gasteiger partial charge in [-0.25, -0.2) is 14.4 Å². The summed E-state index contributed by atoms with van der Waals surface area (Å²) in [5.41, 5.74) is 8.16. The summed E-state index contributed by atoms with van der Waals surface area (Å²) < 4.78 is 20.3. The van der Waals surface area contributed by atoms with Crippen LogP contribution in [-0.4, -0.2) is 26.6 Å². The number of benzene rings is 1. The van der Waals surface area contributed by atoms with Gasteiger partial charge in [-0.3, -0.25) is 4.57 Å². The van der Waals surface area contributed by atoms with Crippen molar-refractivity contribution >= 4 is 17.1 Å². The Kier molecular flexibility index (Phi) is 2.74. The van der Waals surface area contributed by atoms with Gasteiger partial charge in [-0.05, 0) is 30.7 Å². The van der Waals surface area contributed by atoms with Crippen LogP contribution in [0, 0.1) is 12.7 Å². The Labute approximate surface area is 114 Å². The molecule has 2 heterocycles. The van der Waals surface area contributed by atoms with Gasteiger partial charge in [0.2, 0.25) is 11.8 Å². The number of nitrogen functional groups attached to an aromatic ring is 1. The molecule has 0 aliphatic rings. The fraction of sp³-hybridized carbons (Fsp3) is 0.154. The second-order valence-corrected chi connectivity index (χ2v) is 4.35. The summed E-state index contributed by atoms with van der Waals surface area (Å²) in [4.78, 5) is 12.3. The Morgan fingerprint density at radius 3 is 2.75 bits per heavy atom. The van der Waals surface area contributed by atoms with Gasteiger partial charge in [0.1, 0.15) is 12.1 Å². The third-order valence-corrected chi connectivity index (χ3v) is 2.92. The van der Waals surface area contributed by atoms with Crippen LogP contribution in [-0.2, 0) is 0 Å². The van der Waals surface area contributed by atoms with Crippen LogP contribution in [0.2, 0.25) is 0 Å². The van der Waals surface area contributed by atoms with Crippen molar-refractivity contribution in [1.82, 2.24) is 19.5 Å². The van der Waals surface area contributed by atoms with E-state index < -0.39 is 0 Å². The molecule has 20 heavy (non-hydrogen) atoms. The maximum absolute atomic E-state index is 13.6. The fourth-order valence-corrected chi connectivity index (χ4v) is 2.14. The van der Waals surface area contributed by atoms with E-state index in [1.807, 2.05) is 0 Å². The number of halogens is 1. The number of nitrogens with two attached hydrogens (primary N) is 1. The standard InChI is InChI=1S/C13H12FN5O/c1-7-3-8(14)5-9(4-7)19-11-10(18-13(19)15)12(20-2)17-6-16-11/h3-6H,1-2H3,(H2,15,18). The number of hydrogen-bond acceptors (Lipinski definition) is 5. The van der Waals surface area contributed by atoms with Crippen LogP contribution >= 0.6 is 0 Å². The zero-order valence-corrected chi connectivity index (χ0v) is 11.0. The monoisotopic (exact) mass is 273 g/mol. The van der Waals surface area contributed by atoms with Crippen LogP contribution < -0.4 is 10.5 Å². The quantitative estimate of drug-likeness (QED) is 0.771. The van der Waals surface area contributed by atoms with E-state index in [-0.39, 0.29) is 11.8 Å². The van der Waals surface area contributed by atoms with Crippen LogP contribution in [0.4, 0.5) is 10.3 Å². The van der Waals surface area contributed by atoms with Crippen molar-refractivity contribution in [3.63, 3.8) is 0 Å². The molecular weight excluding hydrogens is 261 g/mol. The van der Waals surface area contributed by atoms with E-state index in [2.05, 4.69) is 15.0 Å². The van der Waals surface area contributed by atoms with Crippen molar-refractivity contribution in [3.05, 3.63) is 35.9 Å². The van der Waals surface area contributed by atoms with E-state index >= 15 is 0 Å². The normalized spacial score (nSPS) is 10.9. The molecule has 2 aromatic heterocycles. The fourth-order valence-electron chi connectivity index (χ4n) is 2.14. The van der Waals surface area contributed by atoms with Crippen molar-refractivity contribution in [3.8, 4) is 11.6 Å². The van der Waals surface area contributed by atoms with Crippen LogP contribution in [0.5, 0.6) is 5.88 Å². The second kappa shape index (κ2) is 4.44. The molecule has 0 bridgehead atoms. The molecule has 0 saturated heterocycles. The van der Waals surface area contributed by atoms with Gasteiger partial charge in [-0.2, -0.15) is 4.98 Å². The molecule has 0 aliphatic heterocycles. The zero-order valence-electron chi connectivity index (χ0n) is 11.0. The molecule has 6 nitrogen and oxygen atoms in total. The highest BCUT2D eigenvalue weighted by molar-refractivity contribution is 5.81. The minimum Gasteiger partial charge on any atom is -0.479 e. The highest BCUT2D eigenvalue weighted by Gasteiger charge is 2.16. The van der Waals surface area contributed by atoms with E-state index in [4.69, 9.17) is 10.5 Å². The molecule has 0 aliphatic carbocycles. The van der Waals surface area contributed by atoms with Crippen molar-refractivity contribution in [2.45, 2.75) is 6.92 Å². The molecule has 0 fully saturated rings. The summed E-state index contributed by atoms with van der Waals surface area (Å²) in [6.45, 7) is 1.80. The molecule has 7 heteroatoms. The van der Waals surface area contributed by atoms with Gasteiger partial charge in [0, 0.05) is 0 Å². The van der Waals surface area contributed by atoms with Gasteiger partial charge < -0.3 is 10.5 Å². The number of imidazole rings is 1. The van der Waals surface area contributed by atoms with Crippen molar-refractivity contribution < 1.29 is 9.13 Å². The zero-order chi connectivity index (χ0) is 14.3. The van der Waals surface area contributed by atoms with E-state index in [0.29, 0.717) is 22.7 Å². The number of anilines is 1. The predicted molar refractivity (Wildman–Crippen MR) is 72.3 cm³/mol. The number of hydrogen-bond donors (Lipinski definition) is 1. The molecule has 0 unspecified atom stereocenters. The molecule has 0 saturated carbocycles. The lowest BCUT2D eigenvalue weighted by atomic mass is 10.2. The average molecular weight is 273 g/mol. The summed E-state index contributed by atoms with van der Waals surface area (Å²) in [5, 5.41) is 0. The molecule has 0 atom stereocenters. The largest absolute Gasteiger partial charge is 0.479 e. The topological polar surface area (TPSA) is 78.8 Å². The van der Waals surface area contributed by atoms with Crippen LogP contribution in [0.3, 0.4) is 0 Å². The minimum atomic E-state index is -0.345. The SMILES string of the molecule is COc1ncnc2c1nc(N)n2-c1cc(C)cc(F)c1. The molecule has 3 rings (SSSR count). The first-order valence-electron chi connectivity index (χ1n) is 5.90. The van der Waals surface area contributed by atoms with Crippen molar-refractivity contribution in [2.24, 2.45) is 0 Å². The first kappa shape index (κ1) is 12.3. The summed E-state index contributed by atoms with van der Waals surface area (Å²) >= 11 is 0. The number of methoxy groups -OCH3 is 1.